The van der Waals surface area contributed by atoms with E-state index < -0.39 is 10.0 Å². The van der Waals surface area contributed by atoms with Crippen LogP contribution in [0.1, 0.15) is 23.6 Å². The first-order valence-electron chi connectivity index (χ1n) is 6.86. The third-order valence-corrected chi connectivity index (χ3v) is 5.07. The maximum absolute atomic E-state index is 12.6. The van der Waals surface area contributed by atoms with Gasteiger partial charge in [-0.1, -0.05) is 70.5 Å². The quantitative estimate of drug-likeness (QED) is 0.812. The molecule has 1 unspecified atom stereocenters. The third kappa shape index (κ3) is 4.53. The van der Waals surface area contributed by atoms with E-state index in [0.717, 1.165) is 15.6 Å². The summed E-state index contributed by atoms with van der Waals surface area (Å²) in [4.78, 5) is 0.263. The van der Waals surface area contributed by atoms with E-state index in [2.05, 4.69) is 27.2 Å². The molecule has 0 bridgehead atoms. The van der Waals surface area contributed by atoms with Crippen molar-refractivity contribution in [1.82, 2.24) is 4.72 Å². The van der Waals surface area contributed by atoms with Crippen LogP contribution in [0, 0.1) is 6.92 Å². The van der Waals surface area contributed by atoms with Crippen LogP contribution < -0.4 is 4.72 Å². The summed E-state index contributed by atoms with van der Waals surface area (Å²) in [6.07, 6.45) is 0.481. The Bertz CT molecular complexity index is 740. The summed E-state index contributed by atoms with van der Waals surface area (Å²) < 4.78 is 28.6. The summed E-state index contributed by atoms with van der Waals surface area (Å²) >= 11 is 3.32. The van der Waals surface area contributed by atoms with Crippen molar-refractivity contribution in [2.24, 2.45) is 0 Å². The molecule has 0 saturated carbocycles. The summed E-state index contributed by atoms with van der Waals surface area (Å²) in [6.45, 7) is 5.74. The lowest BCUT2D eigenvalue weighted by atomic mass is 10.1. The number of aryl methyl sites for hydroxylation is 1. The monoisotopic (exact) mass is 379 g/mol. The normalized spacial score (nSPS) is 12.8. The van der Waals surface area contributed by atoms with Crippen LogP contribution in [0.15, 0.2) is 70.6 Å². The van der Waals surface area contributed by atoms with Crippen molar-refractivity contribution in [2.45, 2.75) is 24.3 Å². The van der Waals surface area contributed by atoms with Crippen LogP contribution in [0.4, 0.5) is 0 Å². The van der Waals surface area contributed by atoms with Crippen LogP contribution in [0.5, 0.6) is 0 Å². The molecule has 0 amide bonds. The van der Waals surface area contributed by atoms with E-state index in [1.807, 2.05) is 37.3 Å². The van der Waals surface area contributed by atoms with Gasteiger partial charge in [-0.25, -0.2) is 13.1 Å². The maximum Gasteiger partial charge on any atom is 0.241 e. The SMILES string of the molecule is C=C(Br)CC(NS(=O)(=O)c1ccc(C)cc1)c1ccccc1. The predicted octanol–water partition coefficient (Wildman–Crippen LogP) is 4.31. The molecule has 1 N–H and O–H groups in total. The molecule has 2 aromatic carbocycles. The Labute approximate surface area is 140 Å². The van der Waals surface area contributed by atoms with Crippen LogP contribution in [0.3, 0.4) is 0 Å². The molecule has 0 aliphatic heterocycles. The van der Waals surface area contributed by atoms with E-state index in [0.29, 0.717) is 6.42 Å². The zero-order valence-electron chi connectivity index (χ0n) is 12.3. The molecule has 22 heavy (non-hydrogen) atoms. The van der Waals surface area contributed by atoms with E-state index in [9.17, 15) is 8.42 Å². The van der Waals surface area contributed by atoms with Crippen molar-refractivity contribution < 1.29 is 8.42 Å². The molecular formula is C17H18BrNO2S. The molecule has 0 radical (unpaired) electrons. The van der Waals surface area contributed by atoms with Crippen molar-refractivity contribution in [3.05, 3.63) is 76.8 Å². The van der Waals surface area contributed by atoms with Gasteiger partial charge in [-0.3, -0.25) is 0 Å². The molecule has 0 aromatic heterocycles. The first-order chi connectivity index (χ1) is 10.4. The van der Waals surface area contributed by atoms with Crippen LogP contribution in [-0.4, -0.2) is 8.42 Å². The first kappa shape index (κ1) is 16.9. The molecule has 1 atom stereocenters. The van der Waals surface area contributed by atoms with Gasteiger partial charge in [0.1, 0.15) is 0 Å². The fourth-order valence-electron chi connectivity index (χ4n) is 2.11. The summed E-state index contributed by atoms with van der Waals surface area (Å²) in [6, 6.07) is 15.9. The van der Waals surface area contributed by atoms with Crippen molar-refractivity contribution in [3.63, 3.8) is 0 Å². The van der Waals surface area contributed by atoms with Crippen LogP contribution in [-0.2, 0) is 10.0 Å². The first-order valence-corrected chi connectivity index (χ1v) is 9.13. The molecule has 3 nitrogen and oxygen atoms in total. The van der Waals surface area contributed by atoms with Crippen molar-refractivity contribution in [1.29, 1.82) is 0 Å². The Morgan fingerprint density at radius 2 is 1.73 bits per heavy atom. The zero-order chi connectivity index (χ0) is 16.2. The van der Waals surface area contributed by atoms with Gasteiger partial charge in [0, 0.05) is 0 Å². The van der Waals surface area contributed by atoms with Gasteiger partial charge < -0.3 is 0 Å². The topological polar surface area (TPSA) is 46.2 Å². The smallest absolute Gasteiger partial charge is 0.207 e. The molecule has 2 aromatic rings. The van der Waals surface area contributed by atoms with Gasteiger partial charge >= 0.3 is 0 Å². The largest absolute Gasteiger partial charge is 0.241 e. The van der Waals surface area contributed by atoms with Crippen LogP contribution in [0.25, 0.3) is 0 Å². The number of benzene rings is 2. The minimum atomic E-state index is -3.58. The number of hydrogen-bond donors (Lipinski definition) is 1. The van der Waals surface area contributed by atoms with Gasteiger partial charge in [-0.2, -0.15) is 0 Å². The molecule has 0 spiro atoms. The van der Waals surface area contributed by atoms with Crippen LogP contribution >= 0.6 is 15.9 Å². The second-order valence-electron chi connectivity index (χ2n) is 5.12. The Kier molecular flexibility index (Phi) is 5.56. The molecule has 0 fully saturated rings. The fourth-order valence-corrected chi connectivity index (χ4v) is 3.66. The number of rotatable bonds is 6. The standard InChI is InChI=1S/C17H18BrNO2S/c1-13-8-10-16(11-9-13)22(20,21)19-17(12-14(2)18)15-6-4-3-5-7-15/h3-11,17,19H,2,12H2,1H3. The molecule has 0 aliphatic rings. The van der Waals surface area contributed by atoms with Crippen molar-refractivity contribution >= 4 is 26.0 Å². The highest BCUT2D eigenvalue weighted by atomic mass is 79.9. The molecule has 116 valence electrons. The van der Waals surface area contributed by atoms with E-state index >= 15 is 0 Å². The third-order valence-electron chi connectivity index (χ3n) is 3.26. The van der Waals surface area contributed by atoms with E-state index in [1.54, 1.807) is 24.3 Å². The van der Waals surface area contributed by atoms with Crippen LogP contribution in [0.2, 0.25) is 0 Å². The lowest BCUT2D eigenvalue weighted by molar-refractivity contribution is 0.557. The van der Waals surface area contributed by atoms with Gasteiger partial charge in [0.15, 0.2) is 0 Å². The van der Waals surface area contributed by atoms with Gasteiger partial charge in [0.2, 0.25) is 10.0 Å². The predicted molar refractivity (Wildman–Crippen MR) is 93.4 cm³/mol. The summed E-state index contributed by atoms with van der Waals surface area (Å²) in [7, 11) is -3.58. The van der Waals surface area contributed by atoms with E-state index in [4.69, 9.17) is 0 Å². The number of nitrogens with one attached hydrogen (secondary N) is 1. The molecule has 0 saturated heterocycles. The van der Waals surface area contributed by atoms with Crippen molar-refractivity contribution in [3.8, 4) is 0 Å². The highest BCUT2D eigenvalue weighted by molar-refractivity contribution is 9.11. The highest BCUT2D eigenvalue weighted by Gasteiger charge is 2.21. The second kappa shape index (κ2) is 7.22. The lowest BCUT2D eigenvalue weighted by Crippen LogP contribution is -2.28. The van der Waals surface area contributed by atoms with Gasteiger partial charge in [0.05, 0.1) is 10.9 Å². The Morgan fingerprint density at radius 1 is 1.14 bits per heavy atom. The fraction of sp³-hybridized carbons (Fsp3) is 0.176. The van der Waals surface area contributed by atoms with E-state index in [-0.39, 0.29) is 10.9 Å². The average Bonchev–Trinajstić information content (AvgIpc) is 2.47. The number of halogens is 1. The van der Waals surface area contributed by atoms with Crippen molar-refractivity contribution in [2.75, 3.05) is 0 Å². The number of sulfonamides is 1. The molecular weight excluding hydrogens is 362 g/mol. The minimum absolute atomic E-state index is 0.263. The lowest BCUT2D eigenvalue weighted by Gasteiger charge is -2.19. The summed E-state index contributed by atoms with van der Waals surface area (Å²) in [5.41, 5.74) is 1.92. The second-order valence-corrected chi connectivity index (χ2v) is 7.95. The van der Waals surface area contributed by atoms with E-state index in [1.165, 1.54) is 0 Å². The summed E-state index contributed by atoms with van der Waals surface area (Å²) in [5, 5.41) is 0. The number of hydrogen-bond acceptors (Lipinski definition) is 2. The average molecular weight is 380 g/mol. The molecule has 5 heteroatoms. The van der Waals surface area contributed by atoms with Gasteiger partial charge in [-0.05, 0) is 35.5 Å². The summed E-state index contributed by atoms with van der Waals surface area (Å²) in [5.74, 6) is 0. The molecule has 2 rings (SSSR count). The maximum atomic E-state index is 12.6. The Balaban J connectivity index is 2.30. The minimum Gasteiger partial charge on any atom is -0.207 e. The van der Waals surface area contributed by atoms with Gasteiger partial charge in [-0.15, -0.1) is 0 Å². The molecule has 0 heterocycles. The van der Waals surface area contributed by atoms with Gasteiger partial charge in [0.25, 0.3) is 0 Å². The Hall–Kier alpha value is -1.43. The molecule has 0 aliphatic carbocycles. The zero-order valence-corrected chi connectivity index (χ0v) is 14.7. The Morgan fingerprint density at radius 3 is 2.27 bits per heavy atom. The highest BCUT2D eigenvalue weighted by Crippen LogP contribution is 2.25.